The molecule has 1 saturated carbocycles. The molecule has 0 amide bonds. The zero-order chi connectivity index (χ0) is 17.9. The summed E-state index contributed by atoms with van der Waals surface area (Å²) in [6.45, 7) is 4.74. The Morgan fingerprint density at radius 2 is 1.96 bits per heavy atom. The van der Waals surface area contributed by atoms with E-state index in [0.29, 0.717) is 12.1 Å². The molecule has 7 heteroatoms. The average Bonchev–Trinajstić information content (AvgIpc) is 2.64. The van der Waals surface area contributed by atoms with Crippen LogP contribution in [0.1, 0.15) is 31.2 Å². The molecule has 3 rings (SSSR count). The molecule has 0 atom stereocenters. The molecular formula is C19H24KN5S. The molecule has 132 valence electrons. The second kappa shape index (κ2) is 13.5. The molecule has 1 aromatic heterocycles. The zero-order valence-electron chi connectivity index (χ0n) is 15.4. The third kappa shape index (κ3) is 7.93. The van der Waals surface area contributed by atoms with Crippen LogP contribution in [0.4, 0.5) is 5.82 Å². The Morgan fingerprint density at radius 1 is 1.23 bits per heavy atom. The first kappa shape index (κ1) is 23.4. The minimum atomic E-state index is 0. The minimum absolute atomic E-state index is 0. The van der Waals surface area contributed by atoms with E-state index in [9.17, 15) is 0 Å². The number of allylic oxidation sites excluding steroid dienone is 1. The van der Waals surface area contributed by atoms with Gasteiger partial charge in [0.25, 0.3) is 0 Å². The van der Waals surface area contributed by atoms with Gasteiger partial charge in [0.05, 0.1) is 5.56 Å². The normalized spacial score (nSPS) is 15.2. The van der Waals surface area contributed by atoms with Gasteiger partial charge in [-0.3, -0.25) is 0 Å². The zero-order valence-corrected chi connectivity index (χ0v) is 19.4. The number of pyridine rings is 1. The van der Waals surface area contributed by atoms with Crippen molar-refractivity contribution in [3.8, 4) is 17.2 Å². The molecule has 2 fully saturated rings. The Morgan fingerprint density at radius 3 is 2.38 bits per heavy atom. The second-order valence-electron chi connectivity index (χ2n) is 6.00. The Hall–Kier alpha value is -0.644. The van der Waals surface area contributed by atoms with Crippen molar-refractivity contribution in [1.82, 2.24) is 9.88 Å². The first-order valence-electron chi connectivity index (χ1n) is 8.61. The van der Waals surface area contributed by atoms with Crippen LogP contribution in [0.15, 0.2) is 30.1 Å². The van der Waals surface area contributed by atoms with Crippen molar-refractivity contribution < 1.29 is 51.4 Å². The molecule has 0 radical (unpaired) electrons. The molecule has 0 aromatic carbocycles. The summed E-state index contributed by atoms with van der Waals surface area (Å²) in [4.78, 5) is 9.07. The summed E-state index contributed by atoms with van der Waals surface area (Å²) in [5.41, 5.74) is 7.29. The summed E-state index contributed by atoms with van der Waals surface area (Å²) in [7, 11) is 0. The van der Waals surface area contributed by atoms with E-state index < -0.39 is 0 Å². The second-order valence-corrected chi connectivity index (χ2v) is 6.20. The van der Waals surface area contributed by atoms with Crippen LogP contribution in [0.5, 0.6) is 0 Å². The number of aromatic nitrogens is 1. The monoisotopic (exact) mass is 393 g/mol. The molecule has 1 aliphatic carbocycles. The van der Waals surface area contributed by atoms with Crippen LogP contribution in [-0.2, 0) is 12.6 Å². The predicted molar refractivity (Wildman–Crippen MR) is 103 cm³/mol. The van der Waals surface area contributed by atoms with Gasteiger partial charge in [0, 0.05) is 45.3 Å². The molecule has 2 heterocycles. The molecule has 0 spiro atoms. The Balaban J connectivity index is 0.000000422. The van der Waals surface area contributed by atoms with Crippen molar-refractivity contribution >= 4 is 18.4 Å². The van der Waals surface area contributed by atoms with Crippen LogP contribution in [0.3, 0.4) is 0 Å². The number of nitriles is 1. The van der Waals surface area contributed by atoms with Gasteiger partial charge >= 0.3 is 51.4 Å². The molecule has 1 saturated heterocycles. The Bertz CT molecular complexity index is 658. The molecular weight excluding hydrogens is 369 g/mol. The maximum Gasteiger partial charge on any atom is 1.00 e. The number of hydrogen-bond acceptors (Lipinski definition) is 6. The van der Waals surface area contributed by atoms with Crippen LogP contribution < -0.4 is 62.0 Å². The summed E-state index contributed by atoms with van der Waals surface area (Å²) in [5.74, 6) is 3.62. The number of hydrogen-bond donors (Lipinski definition) is 1. The first-order valence-corrected chi connectivity index (χ1v) is 9.02. The van der Waals surface area contributed by atoms with Crippen molar-refractivity contribution in [1.29, 1.82) is 5.26 Å². The van der Waals surface area contributed by atoms with E-state index >= 15 is 0 Å². The maximum atomic E-state index is 8.77. The van der Waals surface area contributed by atoms with E-state index in [1.165, 1.54) is 19.3 Å². The van der Waals surface area contributed by atoms with Gasteiger partial charge in [-0.15, -0.1) is 5.92 Å². The number of nitrogens with two attached hydrogens (primary N) is 1. The standard InChI is InChI=1S/C15H18N4.C4H7NS.K/c16-10-14-4-5-15(17-11-14)19-8-6-18(7-9-19)12-13-2-1-3-13;5-3-1-2-4-6;/h4-5,11-12H,1-3,6-9H2;6H,1,3,5H2;/q;;+1/p-1. The Kier molecular flexibility index (Phi) is 12.2. The summed E-state index contributed by atoms with van der Waals surface area (Å²) >= 11 is 4.30. The van der Waals surface area contributed by atoms with Crippen molar-refractivity contribution in [3.63, 3.8) is 0 Å². The quantitative estimate of drug-likeness (QED) is 0.403. The molecule has 1 aromatic rings. The summed E-state index contributed by atoms with van der Waals surface area (Å²) in [6.07, 6.45) is 8.67. The smallest absolute Gasteiger partial charge is 0.725 e. The van der Waals surface area contributed by atoms with E-state index in [0.717, 1.165) is 38.4 Å². The van der Waals surface area contributed by atoms with Gasteiger partial charge in [0.1, 0.15) is 11.9 Å². The van der Waals surface area contributed by atoms with Crippen molar-refractivity contribution in [2.75, 3.05) is 37.6 Å². The van der Waals surface area contributed by atoms with E-state index in [-0.39, 0.29) is 51.4 Å². The number of anilines is 1. The van der Waals surface area contributed by atoms with Gasteiger partial charge in [-0.2, -0.15) is 5.26 Å². The van der Waals surface area contributed by atoms with Crippen molar-refractivity contribution in [2.45, 2.75) is 25.7 Å². The van der Waals surface area contributed by atoms with Gasteiger partial charge in [0.15, 0.2) is 0 Å². The molecule has 2 aliphatic rings. The van der Waals surface area contributed by atoms with Gasteiger partial charge in [-0.1, -0.05) is 5.57 Å². The van der Waals surface area contributed by atoms with Crippen molar-refractivity contribution in [2.24, 2.45) is 5.73 Å². The molecule has 0 unspecified atom stereocenters. The SMILES string of the molecule is N#Cc1ccc(N2CCN(C=C3CCC3)CC2)nc1.NCCC#C[S-].[K+]. The molecule has 2 N–H and O–H groups in total. The molecule has 1 aliphatic heterocycles. The number of nitrogens with zero attached hydrogens (tertiary/aromatic N) is 4. The predicted octanol–water partition coefficient (Wildman–Crippen LogP) is -1.01. The third-order valence-electron chi connectivity index (χ3n) is 4.22. The fourth-order valence-corrected chi connectivity index (χ4v) is 2.71. The van der Waals surface area contributed by atoms with Gasteiger partial charge in [-0.05, 0) is 37.6 Å². The molecule has 26 heavy (non-hydrogen) atoms. The Labute approximate surface area is 204 Å². The van der Waals surface area contributed by atoms with Gasteiger partial charge in [-0.25, -0.2) is 10.2 Å². The van der Waals surface area contributed by atoms with Crippen LogP contribution in [-0.4, -0.2) is 42.6 Å². The maximum absolute atomic E-state index is 8.77. The largest absolute Gasteiger partial charge is 1.00 e. The first-order chi connectivity index (χ1) is 12.3. The van der Waals surface area contributed by atoms with E-state index in [1.54, 1.807) is 11.8 Å². The fourth-order valence-electron chi connectivity index (χ4n) is 2.61. The number of piperazine rings is 1. The van der Waals surface area contributed by atoms with Gasteiger partial charge < -0.3 is 28.2 Å². The average molecular weight is 394 g/mol. The van der Waals surface area contributed by atoms with Crippen LogP contribution in [0.25, 0.3) is 0 Å². The van der Waals surface area contributed by atoms with Crippen molar-refractivity contribution in [3.05, 3.63) is 35.7 Å². The molecule has 0 bridgehead atoms. The van der Waals surface area contributed by atoms with Crippen LogP contribution >= 0.6 is 0 Å². The van der Waals surface area contributed by atoms with Crippen LogP contribution in [0.2, 0.25) is 0 Å². The minimum Gasteiger partial charge on any atom is -0.725 e. The number of rotatable bonds is 3. The van der Waals surface area contributed by atoms with Crippen LogP contribution in [0, 0.1) is 22.5 Å². The topological polar surface area (TPSA) is 69.2 Å². The molecule has 5 nitrogen and oxygen atoms in total. The van der Waals surface area contributed by atoms with Gasteiger partial charge in [0.2, 0.25) is 0 Å². The van der Waals surface area contributed by atoms with E-state index in [4.69, 9.17) is 11.0 Å². The van der Waals surface area contributed by atoms with E-state index in [2.05, 4.69) is 50.9 Å². The van der Waals surface area contributed by atoms with E-state index in [1.807, 2.05) is 12.1 Å². The fraction of sp³-hybridized carbons (Fsp3) is 0.474. The summed E-state index contributed by atoms with van der Waals surface area (Å²) < 4.78 is 0. The summed E-state index contributed by atoms with van der Waals surface area (Å²) in [6, 6.07) is 5.88. The summed E-state index contributed by atoms with van der Waals surface area (Å²) in [5, 5.41) is 11.1. The third-order valence-corrected chi connectivity index (χ3v) is 4.36.